The minimum Gasteiger partial charge on any atom is -0.366 e. The zero-order valence-corrected chi connectivity index (χ0v) is 8.97. The molecule has 0 aliphatic heterocycles. The van der Waals surface area contributed by atoms with Gasteiger partial charge in [0.05, 0.1) is 17.0 Å². The van der Waals surface area contributed by atoms with E-state index >= 15 is 0 Å². The van der Waals surface area contributed by atoms with E-state index in [1.807, 2.05) is 36.4 Å². The maximum atomic E-state index is 11.1. The Bertz CT molecular complexity index is 521. The largest absolute Gasteiger partial charge is 0.366 e. The molecule has 16 heavy (non-hydrogen) atoms. The van der Waals surface area contributed by atoms with Crippen molar-refractivity contribution in [3.8, 4) is 11.3 Å². The molecule has 2 aromatic rings. The van der Waals surface area contributed by atoms with Crippen LogP contribution in [-0.4, -0.2) is 10.9 Å². The van der Waals surface area contributed by atoms with Crippen molar-refractivity contribution < 1.29 is 4.79 Å². The van der Waals surface area contributed by atoms with Gasteiger partial charge in [-0.3, -0.25) is 9.78 Å². The zero-order valence-electron chi connectivity index (χ0n) is 8.97. The molecule has 0 spiro atoms. The minimum absolute atomic E-state index is 0.440. The molecule has 0 bridgehead atoms. The highest BCUT2D eigenvalue weighted by Gasteiger charge is 2.07. The summed E-state index contributed by atoms with van der Waals surface area (Å²) < 4.78 is 0. The van der Waals surface area contributed by atoms with Crippen LogP contribution in [0.1, 0.15) is 16.1 Å². The van der Waals surface area contributed by atoms with Gasteiger partial charge in [-0.05, 0) is 19.1 Å². The Morgan fingerprint density at radius 3 is 2.38 bits per heavy atom. The second-order valence-electron chi connectivity index (χ2n) is 3.56. The molecule has 1 aromatic heterocycles. The molecule has 0 atom stereocenters. The molecule has 80 valence electrons. The number of rotatable bonds is 2. The van der Waals surface area contributed by atoms with Crippen LogP contribution in [0.25, 0.3) is 11.3 Å². The molecule has 1 aromatic carbocycles. The number of carbonyl (C=O) groups is 1. The third-order valence-electron chi connectivity index (χ3n) is 2.42. The molecular formula is C13H12N2O. The van der Waals surface area contributed by atoms with Crippen molar-refractivity contribution in [1.29, 1.82) is 0 Å². The van der Waals surface area contributed by atoms with Crippen LogP contribution in [0.2, 0.25) is 0 Å². The van der Waals surface area contributed by atoms with Gasteiger partial charge in [-0.15, -0.1) is 0 Å². The summed E-state index contributed by atoms with van der Waals surface area (Å²) in [6.07, 6.45) is 0. The summed E-state index contributed by atoms with van der Waals surface area (Å²) >= 11 is 0. The van der Waals surface area contributed by atoms with E-state index in [0.717, 1.165) is 11.3 Å². The molecule has 3 heteroatoms. The fourth-order valence-electron chi connectivity index (χ4n) is 1.59. The Hall–Kier alpha value is -2.16. The van der Waals surface area contributed by atoms with Gasteiger partial charge in [0.1, 0.15) is 0 Å². The predicted octanol–water partition coefficient (Wildman–Crippen LogP) is 2.16. The van der Waals surface area contributed by atoms with Gasteiger partial charge in [0.2, 0.25) is 0 Å². The summed E-state index contributed by atoms with van der Waals surface area (Å²) in [6, 6.07) is 13.3. The smallest absolute Gasteiger partial charge is 0.250 e. The number of nitrogens with two attached hydrogens (primary N) is 1. The molecule has 2 N–H and O–H groups in total. The monoisotopic (exact) mass is 212 g/mol. The van der Waals surface area contributed by atoms with Crippen LogP contribution in [0, 0.1) is 6.92 Å². The SMILES string of the molecule is Cc1nc(-c2ccccc2)ccc1C(N)=O. The van der Waals surface area contributed by atoms with E-state index in [1.165, 1.54) is 0 Å². The lowest BCUT2D eigenvalue weighted by molar-refractivity contribution is 0.0999. The number of amides is 1. The van der Waals surface area contributed by atoms with E-state index in [2.05, 4.69) is 4.98 Å². The van der Waals surface area contributed by atoms with Gasteiger partial charge in [0.15, 0.2) is 0 Å². The Morgan fingerprint density at radius 1 is 1.12 bits per heavy atom. The van der Waals surface area contributed by atoms with Crippen molar-refractivity contribution in [1.82, 2.24) is 4.98 Å². The first-order valence-corrected chi connectivity index (χ1v) is 5.01. The van der Waals surface area contributed by atoms with E-state index in [-0.39, 0.29) is 0 Å². The Morgan fingerprint density at radius 2 is 1.81 bits per heavy atom. The van der Waals surface area contributed by atoms with Crippen LogP contribution < -0.4 is 5.73 Å². The predicted molar refractivity (Wildman–Crippen MR) is 62.9 cm³/mol. The molecule has 1 heterocycles. The first-order valence-electron chi connectivity index (χ1n) is 5.01. The number of nitrogens with zero attached hydrogens (tertiary/aromatic N) is 1. The number of aromatic nitrogens is 1. The van der Waals surface area contributed by atoms with Crippen LogP contribution >= 0.6 is 0 Å². The normalized spacial score (nSPS) is 10.1. The average Bonchev–Trinajstić information content (AvgIpc) is 2.29. The molecule has 0 saturated heterocycles. The highest BCUT2D eigenvalue weighted by Crippen LogP contribution is 2.18. The standard InChI is InChI=1S/C13H12N2O/c1-9-11(13(14)16)7-8-12(15-9)10-5-3-2-4-6-10/h2-8H,1H3,(H2,14,16). The summed E-state index contributed by atoms with van der Waals surface area (Å²) in [7, 11) is 0. The van der Waals surface area contributed by atoms with Gasteiger partial charge < -0.3 is 5.73 Å². The third kappa shape index (κ3) is 1.93. The summed E-state index contributed by atoms with van der Waals surface area (Å²) in [5.41, 5.74) is 8.24. The van der Waals surface area contributed by atoms with Crippen LogP contribution in [0.15, 0.2) is 42.5 Å². The number of benzene rings is 1. The number of hydrogen-bond donors (Lipinski definition) is 1. The van der Waals surface area contributed by atoms with E-state index in [4.69, 9.17) is 5.73 Å². The van der Waals surface area contributed by atoms with Crippen molar-refractivity contribution >= 4 is 5.91 Å². The zero-order chi connectivity index (χ0) is 11.5. The first kappa shape index (κ1) is 10.4. The van der Waals surface area contributed by atoms with Crippen molar-refractivity contribution in [2.45, 2.75) is 6.92 Å². The van der Waals surface area contributed by atoms with Crippen molar-refractivity contribution in [3.05, 3.63) is 53.7 Å². The van der Waals surface area contributed by atoms with E-state index < -0.39 is 5.91 Å². The third-order valence-corrected chi connectivity index (χ3v) is 2.42. The minimum atomic E-state index is -0.440. The average molecular weight is 212 g/mol. The molecule has 2 rings (SSSR count). The number of carbonyl (C=O) groups excluding carboxylic acids is 1. The lowest BCUT2D eigenvalue weighted by atomic mass is 10.1. The molecular weight excluding hydrogens is 200 g/mol. The summed E-state index contributed by atoms with van der Waals surface area (Å²) in [6.45, 7) is 1.78. The second kappa shape index (κ2) is 4.14. The summed E-state index contributed by atoms with van der Waals surface area (Å²) in [4.78, 5) is 15.4. The molecule has 0 saturated carbocycles. The van der Waals surface area contributed by atoms with Crippen molar-refractivity contribution in [2.75, 3.05) is 0 Å². The number of hydrogen-bond acceptors (Lipinski definition) is 2. The van der Waals surface area contributed by atoms with Gasteiger partial charge in [0.25, 0.3) is 5.91 Å². The maximum absolute atomic E-state index is 11.1. The first-order chi connectivity index (χ1) is 7.68. The number of aryl methyl sites for hydroxylation is 1. The van der Waals surface area contributed by atoms with Crippen molar-refractivity contribution in [2.24, 2.45) is 5.73 Å². The topological polar surface area (TPSA) is 56.0 Å². The molecule has 0 fully saturated rings. The van der Waals surface area contributed by atoms with Crippen LogP contribution in [0.3, 0.4) is 0 Å². The fraction of sp³-hybridized carbons (Fsp3) is 0.0769. The lowest BCUT2D eigenvalue weighted by Gasteiger charge is -2.04. The maximum Gasteiger partial charge on any atom is 0.250 e. The molecule has 0 aliphatic rings. The van der Waals surface area contributed by atoms with Crippen molar-refractivity contribution in [3.63, 3.8) is 0 Å². The fourth-order valence-corrected chi connectivity index (χ4v) is 1.59. The van der Waals surface area contributed by atoms with Gasteiger partial charge in [-0.1, -0.05) is 30.3 Å². The molecule has 0 radical (unpaired) electrons. The lowest BCUT2D eigenvalue weighted by Crippen LogP contribution is -2.13. The molecule has 1 amide bonds. The summed E-state index contributed by atoms with van der Waals surface area (Å²) in [5, 5.41) is 0. The van der Waals surface area contributed by atoms with Gasteiger partial charge >= 0.3 is 0 Å². The van der Waals surface area contributed by atoms with E-state index in [1.54, 1.807) is 13.0 Å². The van der Waals surface area contributed by atoms with E-state index in [9.17, 15) is 4.79 Å². The van der Waals surface area contributed by atoms with Crippen LogP contribution in [0.5, 0.6) is 0 Å². The van der Waals surface area contributed by atoms with Crippen LogP contribution in [0.4, 0.5) is 0 Å². The Balaban J connectivity index is 2.46. The quantitative estimate of drug-likeness (QED) is 0.829. The second-order valence-corrected chi connectivity index (χ2v) is 3.56. The highest BCUT2D eigenvalue weighted by molar-refractivity contribution is 5.94. The number of primary amides is 1. The molecule has 3 nitrogen and oxygen atoms in total. The van der Waals surface area contributed by atoms with E-state index in [0.29, 0.717) is 11.3 Å². The highest BCUT2D eigenvalue weighted by atomic mass is 16.1. The molecule has 0 unspecified atom stereocenters. The van der Waals surface area contributed by atoms with Crippen LogP contribution in [-0.2, 0) is 0 Å². The Labute approximate surface area is 93.9 Å². The van der Waals surface area contributed by atoms with Gasteiger partial charge in [-0.25, -0.2) is 0 Å². The summed E-state index contributed by atoms with van der Waals surface area (Å²) in [5.74, 6) is -0.440. The van der Waals surface area contributed by atoms with Gasteiger partial charge in [-0.2, -0.15) is 0 Å². The van der Waals surface area contributed by atoms with Gasteiger partial charge in [0, 0.05) is 5.56 Å². The Kier molecular flexibility index (Phi) is 2.68. The number of pyridine rings is 1. The molecule has 0 aliphatic carbocycles.